The average molecular weight is 423 g/mol. The van der Waals surface area contributed by atoms with E-state index in [2.05, 4.69) is 26.6 Å². The molecule has 0 spiro atoms. The van der Waals surface area contributed by atoms with Gasteiger partial charge in [0.05, 0.1) is 0 Å². The summed E-state index contributed by atoms with van der Waals surface area (Å²) >= 11 is 2.95. The number of hydrogen-bond acceptors (Lipinski definition) is 7. The molecule has 1 aliphatic heterocycles. The molecular weight excluding hydrogens is 400 g/mol. The summed E-state index contributed by atoms with van der Waals surface area (Å²) in [5.41, 5.74) is 0. The summed E-state index contributed by atoms with van der Waals surface area (Å²) in [4.78, 5) is 10.3. The lowest BCUT2D eigenvalue weighted by Gasteiger charge is -2.33. The van der Waals surface area contributed by atoms with Crippen molar-refractivity contribution in [3.8, 4) is 0 Å². The first-order valence-electron chi connectivity index (χ1n) is 8.87. The van der Waals surface area contributed by atoms with Gasteiger partial charge in [-0.25, -0.2) is 18.1 Å². The van der Waals surface area contributed by atoms with Gasteiger partial charge in [-0.3, -0.25) is 0 Å². The monoisotopic (exact) mass is 422 g/mol. The largest absolute Gasteiger partial charge is 0.354 e. The third-order valence-electron chi connectivity index (χ3n) is 4.71. The maximum absolute atomic E-state index is 12.7. The molecule has 0 atom stereocenters. The number of aromatic nitrogens is 1. The molecule has 144 valence electrons. The molecule has 3 aromatic heterocycles. The summed E-state index contributed by atoms with van der Waals surface area (Å²) in [6.07, 6.45) is 2.48. The van der Waals surface area contributed by atoms with Crippen molar-refractivity contribution in [1.82, 2.24) is 14.6 Å². The van der Waals surface area contributed by atoms with Gasteiger partial charge in [0, 0.05) is 53.9 Å². The normalized spacial score (nSPS) is 16.3. The van der Waals surface area contributed by atoms with Gasteiger partial charge in [-0.1, -0.05) is 6.07 Å². The first kappa shape index (κ1) is 18.8. The van der Waals surface area contributed by atoms with E-state index in [9.17, 15) is 8.42 Å². The van der Waals surface area contributed by atoms with Crippen molar-refractivity contribution in [1.29, 1.82) is 0 Å². The predicted octanol–water partition coefficient (Wildman–Crippen LogP) is 2.63. The van der Waals surface area contributed by atoms with Gasteiger partial charge >= 0.3 is 0 Å². The quantitative estimate of drug-likeness (QED) is 0.662. The van der Waals surface area contributed by atoms with Gasteiger partial charge in [-0.15, -0.1) is 22.7 Å². The maximum Gasteiger partial charge on any atom is 0.250 e. The summed E-state index contributed by atoms with van der Waals surface area (Å²) in [5, 5.41) is 2.92. The Labute approximate surface area is 167 Å². The van der Waals surface area contributed by atoms with E-state index in [-0.39, 0.29) is 0 Å². The molecule has 0 amide bonds. The Bertz CT molecular complexity index is 1010. The molecule has 0 bridgehead atoms. The van der Waals surface area contributed by atoms with Crippen LogP contribution in [0.25, 0.3) is 10.1 Å². The van der Waals surface area contributed by atoms with E-state index >= 15 is 0 Å². The summed E-state index contributed by atoms with van der Waals surface area (Å²) in [7, 11) is -1.40. The highest BCUT2D eigenvalue weighted by Gasteiger charge is 2.22. The van der Waals surface area contributed by atoms with Crippen LogP contribution in [0.3, 0.4) is 0 Å². The number of piperazine rings is 1. The van der Waals surface area contributed by atoms with E-state index < -0.39 is 10.0 Å². The number of anilines is 1. The van der Waals surface area contributed by atoms with Gasteiger partial charge in [0.15, 0.2) is 0 Å². The highest BCUT2D eigenvalue weighted by Crippen LogP contribution is 2.34. The van der Waals surface area contributed by atoms with Gasteiger partial charge < -0.3 is 9.80 Å². The molecule has 1 fully saturated rings. The molecule has 1 saturated heterocycles. The fourth-order valence-electron chi connectivity index (χ4n) is 3.16. The second kappa shape index (κ2) is 7.84. The Balaban J connectivity index is 1.54. The average Bonchev–Trinajstić information content (AvgIpc) is 3.31. The van der Waals surface area contributed by atoms with Crippen LogP contribution in [0.5, 0.6) is 0 Å². The van der Waals surface area contributed by atoms with E-state index in [4.69, 9.17) is 0 Å². The molecule has 0 aromatic carbocycles. The molecule has 4 heterocycles. The first-order valence-corrected chi connectivity index (χ1v) is 12.0. The molecule has 27 heavy (non-hydrogen) atoms. The van der Waals surface area contributed by atoms with E-state index in [0.717, 1.165) is 42.1 Å². The number of pyridine rings is 1. The van der Waals surface area contributed by atoms with Crippen LogP contribution < -0.4 is 9.62 Å². The number of nitrogens with zero attached hydrogens (tertiary/aromatic N) is 3. The van der Waals surface area contributed by atoms with Crippen molar-refractivity contribution in [3.63, 3.8) is 0 Å². The Hall–Kier alpha value is -1.52. The van der Waals surface area contributed by atoms with Crippen molar-refractivity contribution in [2.24, 2.45) is 0 Å². The number of nitrogens with one attached hydrogen (secondary N) is 1. The van der Waals surface area contributed by atoms with Crippen molar-refractivity contribution < 1.29 is 8.42 Å². The highest BCUT2D eigenvalue weighted by molar-refractivity contribution is 7.91. The minimum absolute atomic E-state index is 0.354. The topological polar surface area (TPSA) is 65.5 Å². The van der Waals surface area contributed by atoms with Crippen LogP contribution in [0.4, 0.5) is 5.82 Å². The maximum atomic E-state index is 12.7. The summed E-state index contributed by atoms with van der Waals surface area (Å²) in [5.74, 6) is 0.886. The van der Waals surface area contributed by atoms with Crippen LogP contribution in [0.2, 0.25) is 0 Å². The lowest BCUT2D eigenvalue weighted by Crippen LogP contribution is -2.44. The lowest BCUT2D eigenvalue weighted by atomic mass is 10.2. The number of thiophene rings is 2. The van der Waals surface area contributed by atoms with Crippen molar-refractivity contribution >= 4 is 48.6 Å². The third-order valence-corrected chi connectivity index (χ3v) is 8.68. The number of sulfonamides is 1. The van der Waals surface area contributed by atoms with Crippen molar-refractivity contribution in [2.45, 2.75) is 10.6 Å². The zero-order valence-corrected chi connectivity index (χ0v) is 17.5. The van der Waals surface area contributed by atoms with Gasteiger partial charge in [0.2, 0.25) is 10.0 Å². The zero-order valence-electron chi connectivity index (χ0n) is 15.1. The van der Waals surface area contributed by atoms with E-state index in [0.29, 0.717) is 17.2 Å². The van der Waals surface area contributed by atoms with Gasteiger partial charge in [0.25, 0.3) is 0 Å². The minimum atomic E-state index is -3.51. The van der Waals surface area contributed by atoms with Crippen molar-refractivity contribution in [2.75, 3.05) is 44.7 Å². The fraction of sp³-hybridized carbons (Fsp3) is 0.389. The van der Waals surface area contributed by atoms with E-state index in [1.807, 2.05) is 23.6 Å². The van der Waals surface area contributed by atoms with E-state index in [1.54, 1.807) is 23.6 Å². The third kappa shape index (κ3) is 4.17. The zero-order chi connectivity index (χ0) is 18.9. The van der Waals surface area contributed by atoms with Crippen LogP contribution in [0.15, 0.2) is 40.1 Å². The molecule has 0 unspecified atom stereocenters. The summed E-state index contributed by atoms with van der Waals surface area (Å²) < 4.78 is 29.5. The van der Waals surface area contributed by atoms with Crippen LogP contribution in [-0.2, 0) is 16.4 Å². The standard InChI is InChI=1S/C18H22N4O2S3/c1-21-8-10-22(11-9-21)18-15-13-17(26-16(15)5-6-19-18)27(23,24)20-7-4-14-3-2-12-25-14/h2-3,5-6,12-13,20H,4,7-11H2,1H3. The van der Waals surface area contributed by atoms with Gasteiger partial charge in [0.1, 0.15) is 10.0 Å². The summed E-state index contributed by atoms with van der Waals surface area (Å²) in [6, 6.07) is 7.66. The number of likely N-dealkylation sites (N-methyl/N-ethyl adjacent to an activating group) is 1. The molecule has 3 aromatic rings. The van der Waals surface area contributed by atoms with Crippen LogP contribution >= 0.6 is 22.7 Å². The minimum Gasteiger partial charge on any atom is -0.354 e. The molecule has 0 radical (unpaired) electrons. The number of rotatable bonds is 6. The second-order valence-corrected chi connectivity index (χ2v) is 10.7. The predicted molar refractivity (Wildman–Crippen MR) is 113 cm³/mol. The van der Waals surface area contributed by atoms with Crippen molar-refractivity contribution in [3.05, 3.63) is 40.7 Å². The Morgan fingerprint density at radius 1 is 1.22 bits per heavy atom. The Morgan fingerprint density at radius 2 is 2.04 bits per heavy atom. The highest BCUT2D eigenvalue weighted by atomic mass is 32.2. The Morgan fingerprint density at radius 3 is 2.78 bits per heavy atom. The first-order chi connectivity index (χ1) is 13.0. The lowest BCUT2D eigenvalue weighted by molar-refractivity contribution is 0.312. The number of hydrogen-bond donors (Lipinski definition) is 1. The fourth-order valence-corrected chi connectivity index (χ4v) is 6.33. The smallest absolute Gasteiger partial charge is 0.250 e. The molecule has 0 saturated carbocycles. The van der Waals surface area contributed by atoms with E-state index in [1.165, 1.54) is 16.2 Å². The molecule has 4 rings (SSSR count). The number of fused-ring (bicyclic) bond motifs is 1. The SMILES string of the molecule is CN1CCN(c2nccc3sc(S(=O)(=O)NCCc4cccs4)cc23)CC1. The van der Waals surface area contributed by atoms with Crippen LogP contribution in [-0.4, -0.2) is 58.1 Å². The second-order valence-electron chi connectivity index (χ2n) is 6.63. The Kier molecular flexibility index (Phi) is 5.47. The molecule has 1 aliphatic rings. The molecule has 6 nitrogen and oxygen atoms in total. The molecule has 0 aliphatic carbocycles. The van der Waals surface area contributed by atoms with Gasteiger partial charge in [-0.2, -0.15) is 0 Å². The van der Waals surface area contributed by atoms with Crippen LogP contribution in [0.1, 0.15) is 4.88 Å². The van der Waals surface area contributed by atoms with Crippen LogP contribution in [0, 0.1) is 0 Å². The molecule has 9 heteroatoms. The summed E-state index contributed by atoms with van der Waals surface area (Å²) in [6.45, 7) is 4.18. The molecular formula is C18H22N4O2S3. The van der Waals surface area contributed by atoms with Gasteiger partial charge in [-0.05, 0) is 37.0 Å². The molecule has 1 N–H and O–H groups in total.